The Balaban J connectivity index is 3.30. The maximum atomic E-state index is 12.4. The third-order valence-corrected chi connectivity index (χ3v) is 2.82. The molecule has 0 aliphatic carbocycles. The second-order valence-corrected chi connectivity index (χ2v) is 3.58. The summed E-state index contributed by atoms with van der Waals surface area (Å²) in [6.45, 7) is 0. The summed E-state index contributed by atoms with van der Waals surface area (Å²) >= 11 is 7.25. The monoisotopic (exact) mass is 319 g/mol. The average molecular weight is 319 g/mol. The molecule has 0 spiro atoms. The predicted molar refractivity (Wildman–Crippen MR) is 53.5 cm³/mol. The maximum Gasteiger partial charge on any atom is 0.267 e. The van der Waals surface area contributed by atoms with Crippen LogP contribution < -0.4 is 4.74 Å². The largest absolute Gasteiger partial charge is 0.494 e. The molecule has 13 heavy (non-hydrogen) atoms. The van der Waals surface area contributed by atoms with E-state index >= 15 is 0 Å². The van der Waals surface area contributed by atoms with Crippen LogP contribution in [0.3, 0.4) is 0 Å². The molecular formula is C7H5ClF2INO. The molecule has 0 unspecified atom stereocenters. The highest BCUT2D eigenvalue weighted by molar-refractivity contribution is 14.1. The first kappa shape index (κ1) is 10.9. The van der Waals surface area contributed by atoms with Crippen LogP contribution in [-0.2, 0) is 0 Å². The van der Waals surface area contributed by atoms with Gasteiger partial charge in [0.2, 0.25) is 0 Å². The fraction of sp³-hybridized carbons (Fsp3) is 0.286. The number of ether oxygens (including phenoxy) is 1. The van der Waals surface area contributed by atoms with Gasteiger partial charge in [0, 0.05) is 0 Å². The van der Waals surface area contributed by atoms with E-state index in [4.69, 9.17) is 16.3 Å². The van der Waals surface area contributed by atoms with Gasteiger partial charge >= 0.3 is 0 Å². The van der Waals surface area contributed by atoms with Crippen LogP contribution in [0, 0.1) is 3.57 Å². The van der Waals surface area contributed by atoms with Crippen molar-refractivity contribution in [3.63, 3.8) is 0 Å². The molecular weight excluding hydrogens is 314 g/mol. The first-order valence-corrected chi connectivity index (χ1v) is 4.69. The van der Waals surface area contributed by atoms with Crippen LogP contribution in [0.25, 0.3) is 0 Å². The minimum absolute atomic E-state index is 0.180. The maximum absolute atomic E-state index is 12.4. The smallest absolute Gasteiger partial charge is 0.267 e. The molecule has 72 valence electrons. The zero-order chi connectivity index (χ0) is 10.0. The molecule has 1 rings (SSSR count). The van der Waals surface area contributed by atoms with Gasteiger partial charge in [-0.25, -0.2) is 13.8 Å². The van der Waals surface area contributed by atoms with Gasteiger partial charge in [-0.1, -0.05) is 11.6 Å². The topological polar surface area (TPSA) is 22.1 Å². The second-order valence-electron chi connectivity index (χ2n) is 2.15. The van der Waals surface area contributed by atoms with Crippen molar-refractivity contribution < 1.29 is 13.5 Å². The van der Waals surface area contributed by atoms with Crippen molar-refractivity contribution >= 4 is 34.2 Å². The Morgan fingerprint density at radius 2 is 2.23 bits per heavy atom. The quantitative estimate of drug-likeness (QED) is 0.616. The lowest BCUT2D eigenvalue weighted by atomic mass is 10.3. The minimum atomic E-state index is -2.64. The van der Waals surface area contributed by atoms with Gasteiger partial charge in [0.05, 0.1) is 22.4 Å². The lowest BCUT2D eigenvalue weighted by Crippen LogP contribution is -1.97. The van der Waals surface area contributed by atoms with Crippen LogP contribution in [0.15, 0.2) is 6.20 Å². The van der Waals surface area contributed by atoms with E-state index < -0.39 is 6.43 Å². The number of methoxy groups -OCH3 is 1. The van der Waals surface area contributed by atoms with Crippen LogP contribution >= 0.6 is 34.2 Å². The molecule has 0 atom stereocenters. The van der Waals surface area contributed by atoms with E-state index in [1.54, 1.807) is 22.6 Å². The summed E-state index contributed by atoms with van der Waals surface area (Å²) in [5, 5.41) is -0.180. The zero-order valence-corrected chi connectivity index (χ0v) is 9.44. The van der Waals surface area contributed by atoms with Gasteiger partial charge in [0.25, 0.3) is 6.43 Å². The minimum Gasteiger partial charge on any atom is -0.494 e. The van der Waals surface area contributed by atoms with Crippen LogP contribution in [0.4, 0.5) is 8.78 Å². The molecule has 6 heteroatoms. The van der Waals surface area contributed by atoms with Crippen molar-refractivity contribution in [3.05, 3.63) is 20.5 Å². The average Bonchev–Trinajstić information content (AvgIpc) is 2.04. The summed E-state index contributed by atoms with van der Waals surface area (Å²) in [5.41, 5.74) is -0.276. The van der Waals surface area contributed by atoms with E-state index in [1.807, 2.05) is 0 Å². The fourth-order valence-corrected chi connectivity index (χ4v) is 2.03. The lowest BCUT2D eigenvalue weighted by Gasteiger charge is -2.08. The van der Waals surface area contributed by atoms with E-state index in [0.717, 1.165) is 0 Å². The highest BCUT2D eigenvalue weighted by Gasteiger charge is 2.20. The Hall–Kier alpha value is -0.170. The third-order valence-electron chi connectivity index (χ3n) is 1.41. The number of nitrogens with zero attached hydrogens (tertiary/aromatic N) is 1. The number of pyridine rings is 1. The first-order chi connectivity index (χ1) is 6.07. The Labute approximate surface area is 92.4 Å². The fourth-order valence-electron chi connectivity index (χ4n) is 0.793. The zero-order valence-electron chi connectivity index (χ0n) is 6.52. The predicted octanol–water partition coefficient (Wildman–Crippen LogP) is 3.29. The molecule has 0 fully saturated rings. The van der Waals surface area contributed by atoms with Crippen LogP contribution in [0.5, 0.6) is 5.75 Å². The summed E-state index contributed by atoms with van der Waals surface area (Å²) in [7, 11) is 1.39. The number of hydrogen-bond acceptors (Lipinski definition) is 2. The molecule has 0 aliphatic rings. The highest BCUT2D eigenvalue weighted by atomic mass is 127. The summed E-state index contributed by atoms with van der Waals surface area (Å²) in [4.78, 5) is 3.59. The van der Waals surface area contributed by atoms with E-state index in [0.29, 0.717) is 9.32 Å². The number of rotatable bonds is 2. The number of alkyl halides is 2. The van der Waals surface area contributed by atoms with Gasteiger partial charge in [0.15, 0.2) is 5.75 Å². The van der Waals surface area contributed by atoms with Crippen molar-refractivity contribution in [3.8, 4) is 5.75 Å². The molecule has 0 saturated carbocycles. The van der Waals surface area contributed by atoms with E-state index in [9.17, 15) is 8.78 Å². The van der Waals surface area contributed by atoms with Gasteiger partial charge in [-0.05, 0) is 22.6 Å². The molecule has 0 aromatic carbocycles. The molecule has 1 aromatic rings. The summed E-state index contributed by atoms with van der Waals surface area (Å²) < 4.78 is 30.0. The Morgan fingerprint density at radius 3 is 2.69 bits per heavy atom. The molecule has 0 N–H and O–H groups in total. The highest BCUT2D eigenvalue weighted by Crippen LogP contribution is 2.34. The summed E-state index contributed by atoms with van der Waals surface area (Å²) in [5.74, 6) is 0.306. The number of halogens is 4. The Bertz CT molecular complexity index is 322. The summed E-state index contributed by atoms with van der Waals surface area (Å²) in [6.07, 6.45) is -1.32. The normalized spacial score (nSPS) is 10.6. The van der Waals surface area contributed by atoms with Crippen LogP contribution in [0.2, 0.25) is 5.15 Å². The van der Waals surface area contributed by atoms with Crippen molar-refractivity contribution in [1.82, 2.24) is 4.98 Å². The van der Waals surface area contributed by atoms with Crippen LogP contribution in [-0.4, -0.2) is 12.1 Å². The first-order valence-electron chi connectivity index (χ1n) is 3.24. The van der Waals surface area contributed by atoms with Crippen molar-refractivity contribution in [1.29, 1.82) is 0 Å². The molecule has 0 radical (unpaired) electrons. The molecule has 0 bridgehead atoms. The standard InChI is InChI=1S/C7H5ClF2INO/c1-13-3-2-12-6(8)4(5(3)11)7(9)10/h2,7H,1H3. The Kier molecular flexibility index (Phi) is 3.66. The SMILES string of the molecule is COc1cnc(Cl)c(C(F)F)c1I. The number of hydrogen-bond donors (Lipinski definition) is 0. The van der Waals surface area contributed by atoms with E-state index in [2.05, 4.69) is 4.98 Å². The van der Waals surface area contributed by atoms with Gasteiger partial charge in [-0.15, -0.1) is 0 Å². The Morgan fingerprint density at radius 1 is 1.62 bits per heavy atom. The lowest BCUT2D eigenvalue weighted by molar-refractivity contribution is 0.149. The molecule has 1 aromatic heterocycles. The van der Waals surface area contributed by atoms with Crippen LogP contribution in [0.1, 0.15) is 12.0 Å². The molecule has 2 nitrogen and oxygen atoms in total. The molecule has 1 heterocycles. The van der Waals surface area contributed by atoms with E-state index in [1.165, 1.54) is 13.3 Å². The summed E-state index contributed by atoms with van der Waals surface area (Å²) in [6, 6.07) is 0. The van der Waals surface area contributed by atoms with Crippen molar-refractivity contribution in [2.24, 2.45) is 0 Å². The number of aromatic nitrogens is 1. The molecule has 0 saturated heterocycles. The second kappa shape index (κ2) is 4.36. The van der Waals surface area contributed by atoms with E-state index in [-0.39, 0.29) is 10.7 Å². The van der Waals surface area contributed by atoms with Gasteiger partial charge in [-0.3, -0.25) is 0 Å². The molecule has 0 amide bonds. The van der Waals surface area contributed by atoms with Crippen molar-refractivity contribution in [2.45, 2.75) is 6.43 Å². The van der Waals surface area contributed by atoms with Crippen molar-refractivity contribution in [2.75, 3.05) is 7.11 Å². The van der Waals surface area contributed by atoms with Gasteiger partial charge in [-0.2, -0.15) is 0 Å². The molecule has 0 aliphatic heterocycles. The third kappa shape index (κ3) is 2.19. The van der Waals surface area contributed by atoms with Gasteiger partial charge in [0.1, 0.15) is 5.15 Å². The van der Waals surface area contributed by atoms with Gasteiger partial charge < -0.3 is 4.74 Å².